The molecular formula is C22H18Cl2F4O2. The molecule has 0 saturated carbocycles. The highest BCUT2D eigenvalue weighted by Crippen LogP contribution is 2.50. The third-order valence-corrected chi connectivity index (χ3v) is 5.41. The van der Waals surface area contributed by atoms with Gasteiger partial charge in [0.15, 0.2) is 0 Å². The maximum atomic E-state index is 14.3. The van der Waals surface area contributed by atoms with Crippen molar-refractivity contribution in [2.75, 3.05) is 7.11 Å². The van der Waals surface area contributed by atoms with Gasteiger partial charge in [-0.15, -0.1) is 6.58 Å². The van der Waals surface area contributed by atoms with Gasteiger partial charge in [-0.05, 0) is 53.8 Å². The molecule has 0 heterocycles. The van der Waals surface area contributed by atoms with Crippen LogP contribution in [0.2, 0.25) is 10.0 Å². The molecule has 0 aliphatic heterocycles. The fraction of sp³-hybridized carbons (Fsp3) is 0.227. The number of alkyl halides is 3. The molecule has 8 heteroatoms. The number of rotatable bonds is 7. The Labute approximate surface area is 181 Å². The van der Waals surface area contributed by atoms with E-state index in [1.807, 2.05) is 0 Å². The SMILES string of the molecule is C=CCC(CC(=C)c1ccc(C(=O)OC)c(Cl)c1)(c1ccc(F)c(Cl)c1)C(F)(F)F. The van der Waals surface area contributed by atoms with E-state index in [0.29, 0.717) is 5.56 Å². The smallest absolute Gasteiger partial charge is 0.399 e. The molecule has 0 spiro atoms. The molecule has 2 aromatic carbocycles. The Morgan fingerprint density at radius 2 is 1.80 bits per heavy atom. The van der Waals surface area contributed by atoms with Gasteiger partial charge in [-0.25, -0.2) is 9.18 Å². The lowest BCUT2D eigenvalue weighted by Crippen LogP contribution is -2.42. The molecule has 0 aliphatic rings. The molecule has 0 fully saturated rings. The lowest BCUT2D eigenvalue weighted by molar-refractivity contribution is -0.188. The van der Waals surface area contributed by atoms with Crippen molar-refractivity contribution in [3.63, 3.8) is 0 Å². The molecule has 2 nitrogen and oxygen atoms in total. The molecule has 2 rings (SSSR count). The predicted octanol–water partition coefficient (Wildman–Crippen LogP) is 7.40. The quantitative estimate of drug-likeness (QED) is 0.244. The van der Waals surface area contributed by atoms with E-state index in [1.165, 1.54) is 25.3 Å². The average molecular weight is 461 g/mol. The number of methoxy groups -OCH3 is 1. The van der Waals surface area contributed by atoms with E-state index in [2.05, 4.69) is 17.9 Å². The van der Waals surface area contributed by atoms with Gasteiger partial charge in [-0.1, -0.05) is 48.0 Å². The van der Waals surface area contributed by atoms with Crippen molar-refractivity contribution in [3.8, 4) is 0 Å². The number of esters is 1. The number of carbonyl (C=O) groups excluding carboxylic acids is 1. The molecule has 1 unspecified atom stereocenters. The number of ether oxygens (including phenoxy) is 1. The summed E-state index contributed by atoms with van der Waals surface area (Å²) in [6, 6.07) is 7.06. The minimum atomic E-state index is -4.72. The van der Waals surface area contributed by atoms with Gasteiger partial charge in [0.25, 0.3) is 0 Å². The summed E-state index contributed by atoms with van der Waals surface area (Å²) in [5.41, 5.74) is -2.13. The molecular weight excluding hydrogens is 443 g/mol. The van der Waals surface area contributed by atoms with Gasteiger partial charge in [0, 0.05) is 0 Å². The third kappa shape index (κ3) is 4.71. The second kappa shape index (κ2) is 9.23. The Kier molecular flexibility index (Phi) is 7.37. The Bertz CT molecular complexity index is 986. The second-order valence-electron chi connectivity index (χ2n) is 6.67. The van der Waals surface area contributed by atoms with E-state index in [4.69, 9.17) is 23.2 Å². The summed E-state index contributed by atoms with van der Waals surface area (Å²) in [6.45, 7) is 7.24. The Morgan fingerprint density at radius 1 is 1.13 bits per heavy atom. The molecule has 0 saturated heterocycles. The van der Waals surface area contributed by atoms with Gasteiger partial charge >= 0.3 is 12.1 Å². The summed E-state index contributed by atoms with van der Waals surface area (Å²) >= 11 is 11.8. The van der Waals surface area contributed by atoms with Crippen molar-refractivity contribution in [3.05, 3.63) is 88.2 Å². The van der Waals surface area contributed by atoms with Crippen LogP contribution in [0.25, 0.3) is 5.57 Å². The Morgan fingerprint density at radius 3 is 2.30 bits per heavy atom. The van der Waals surface area contributed by atoms with Crippen molar-refractivity contribution < 1.29 is 27.1 Å². The zero-order valence-electron chi connectivity index (χ0n) is 16.0. The summed E-state index contributed by atoms with van der Waals surface area (Å²) < 4.78 is 61.2. The molecule has 0 N–H and O–H groups in total. The van der Waals surface area contributed by atoms with E-state index in [9.17, 15) is 22.4 Å². The lowest BCUT2D eigenvalue weighted by Gasteiger charge is -2.36. The van der Waals surface area contributed by atoms with E-state index in [0.717, 1.165) is 24.3 Å². The van der Waals surface area contributed by atoms with E-state index in [1.54, 1.807) is 0 Å². The van der Waals surface area contributed by atoms with Crippen molar-refractivity contribution >= 4 is 34.7 Å². The Balaban J connectivity index is 2.54. The van der Waals surface area contributed by atoms with Gasteiger partial charge in [-0.2, -0.15) is 13.2 Å². The fourth-order valence-electron chi connectivity index (χ4n) is 3.19. The van der Waals surface area contributed by atoms with Crippen LogP contribution in [0.1, 0.15) is 34.3 Å². The highest BCUT2D eigenvalue weighted by atomic mass is 35.5. The van der Waals surface area contributed by atoms with Gasteiger partial charge in [-0.3, -0.25) is 0 Å². The molecule has 160 valence electrons. The Hall–Kier alpha value is -2.31. The second-order valence-corrected chi connectivity index (χ2v) is 7.48. The minimum absolute atomic E-state index is 0.0201. The molecule has 0 aromatic heterocycles. The highest BCUT2D eigenvalue weighted by molar-refractivity contribution is 6.33. The van der Waals surface area contributed by atoms with Crippen LogP contribution in [0, 0.1) is 5.82 Å². The maximum Gasteiger partial charge on any atom is 0.399 e. The van der Waals surface area contributed by atoms with E-state index in [-0.39, 0.29) is 21.7 Å². The molecule has 1 atom stereocenters. The molecule has 0 amide bonds. The summed E-state index contributed by atoms with van der Waals surface area (Å²) in [5.74, 6) is -1.49. The first kappa shape index (κ1) is 24.0. The summed E-state index contributed by atoms with van der Waals surface area (Å²) in [4.78, 5) is 11.7. The normalized spacial score (nSPS) is 13.4. The van der Waals surface area contributed by atoms with E-state index < -0.39 is 41.2 Å². The van der Waals surface area contributed by atoms with Crippen molar-refractivity contribution in [1.29, 1.82) is 0 Å². The molecule has 30 heavy (non-hydrogen) atoms. The van der Waals surface area contributed by atoms with E-state index >= 15 is 0 Å². The van der Waals surface area contributed by atoms with Crippen LogP contribution in [-0.2, 0) is 10.2 Å². The molecule has 2 aromatic rings. The number of hydrogen-bond donors (Lipinski definition) is 0. The third-order valence-electron chi connectivity index (χ3n) is 4.81. The monoisotopic (exact) mass is 460 g/mol. The first-order valence-electron chi connectivity index (χ1n) is 8.66. The van der Waals surface area contributed by atoms with Crippen LogP contribution < -0.4 is 0 Å². The van der Waals surface area contributed by atoms with Crippen molar-refractivity contribution in [2.24, 2.45) is 0 Å². The van der Waals surface area contributed by atoms with Crippen LogP contribution in [0.5, 0.6) is 0 Å². The van der Waals surface area contributed by atoms with Crippen LogP contribution in [-0.4, -0.2) is 19.3 Å². The standard InChI is InChI=1S/C22H18Cl2F4O2/c1-4-9-21(22(26,27)28,15-6-8-19(25)18(24)11-15)12-13(2)14-5-7-16(17(23)10-14)20(29)30-3/h4-8,10-11H,1-2,9,12H2,3H3. The van der Waals surface area contributed by atoms with Crippen LogP contribution in [0.3, 0.4) is 0 Å². The number of hydrogen-bond acceptors (Lipinski definition) is 2. The van der Waals surface area contributed by atoms with Gasteiger partial charge in [0.1, 0.15) is 5.82 Å². The molecule has 0 bridgehead atoms. The van der Waals surface area contributed by atoms with Gasteiger partial charge < -0.3 is 4.74 Å². The largest absolute Gasteiger partial charge is 0.465 e. The number of carbonyl (C=O) groups is 1. The topological polar surface area (TPSA) is 26.3 Å². The first-order valence-corrected chi connectivity index (χ1v) is 9.41. The zero-order valence-corrected chi connectivity index (χ0v) is 17.5. The summed E-state index contributed by atoms with van der Waals surface area (Å²) in [5, 5.41) is -0.395. The fourth-order valence-corrected chi connectivity index (χ4v) is 3.63. The first-order chi connectivity index (χ1) is 14.0. The van der Waals surface area contributed by atoms with Crippen molar-refractivity contribution in [2.45, 2.75) is 24.4 Å². The van der Waals surface area contributed by atoms with Gasteiger partial charge in [0.2, 0.25) is 0 Å². The zero-order chi connectivity index (χ0) is 22.7. The average Bonchev–Trinajstić information content (AvgIpc) is 2.68. The lowest BCUT2D eigenvalue weighted by atomic mass is 9.71. The summed E-state index contributed by atoms with van der Waals surface area (Å²) in [6.07, 6.45) is -4.61. The molecule has 0 aliphatic carbocycles. The van der Waals surface area contributed by atoms with Crippen molar-refractivity contribution in [1.82, 2.24) is 0 Å². The van der Waals surface area contributed by atoms with Crippen LogP contribution in [0.15, 0.2) is 55.6 Å². The van der Waals surface area contributed by atoms with Crippen LogP contribution in [0.4, 0.5) is 17.6 Å². The maximum absolute atomic E-state index is 14.3. The van der Waals surface area contributed by atoms with Crippen LogP contribution >= 0.6 is 23.2 Å². The molecule has 0 radical (unpaired) electrons. The minimum Gasteiger partial charge on any atom is -0.465 e. The number of halogens is 6. The summed E-state index contributed by atoms with van der Waals surface area (Å²) in [7, 11) is 1.19. The number of allylic oxidation sites excluding steroid dienone is 2. The number of benzene rings is 2. The highest BCUT2D eigenvalue weighted by Gasteiger charge is 2.55. The van der Waals surface area contributed by atoms with Gasteiger partial charge in [0.05, 0.1) is 28.1 Å². The predicted molar refractivity (Wildman–Crippen MR) is 110 cm³/mol.